The van der Waals surface area contributed by atoms with E-state index in [0.717, 1.165) is 6.07 Å². The number of amides is 1. The van der Waals surface area contributed by atoms with Crippen LogP contribution >= 0.6 is 0 Å². The minimum absolute atomic E-state index is 0.0530. The molecule has 0 spiro atoms. The van der Waals surface area contributed by atoms with Crippen LogP contribution in [-0.4, -0.2) is 23.5 Å². The highest BCUT2D eigenvalue weighted by atomic mass is 19.1. The van der Waals surface area contributed by atoms with E-state index >= 15 is 0 Å². The van der Waals surface area contributed by atoms with Crippen LogP contribution in [0.15, 0.2) is 18.2 Å². The largest absolute Gasteiger partial charge is 0.481 e. The van der Waals surface area contributed by atoms with Crippen molar-refractivity contribution in [2.75, 3.05) is 6.54 Å². The summed E-state index contributed by atoms with van der Waals surface area (Å²) in [5.41, 5.74) is 0.461. The van der Waals surface area contributed by atoms with Crippen molar-refractivity contribution in [2.45, 2.75) is 25.7 Å². The lowest BCUT2D eigenvalue weighted by atomic mass is 10.1. The smallest absolute Gasteiger partial charge is 0.303 e. The molecule has 0 unspecified atom stereocenters. The topological polar surface area (TPSA) is 66.4 Å². The molecule has 1 aromatic rings. The summed E-state index contributed by atoms with van der Waals surface area (Å²) in [5.74, 6) is -2.51. The molecule has 1 aromatic carbocycles. The maximum absolute atomic E-state index is 12.9. The third kappa shape index (κ3) is 6.49. The van der Waals surface area contributed by atoms with E-state index in [0.29, 0.717) is 12.0 Å². The number of carboxylic acids is 1. The summed E-state index contributed by atoms with van der Waals surface area (Å²) >= 11 is 0. The zero-order chi connectivity index (χ0) is 14.3. The highest BCUT2D eigenvalue weighted by Gasteiger charge is 2.04. The number of halogens is 2. The fraction of sp³-hybridized carbons (Fsp3) is 0.385. The molecule has 104 valence electrons. The normalized spacial score (nSPS) is 10.2. The first-order valence-corrected chi connectivity index (χ1v) is 5.91. The van der Waals surface area contributed by atoms with Crippen LogP contribution in [0.25, 0.3) is 0 Å². The summed E-state index contributed by atoms with van der Waals surface area (Å²) < 4.78 is 25.7. The molecule has 0 saturated heterocycles. The Morgan fingerprint density at radius 3 is 2.32 bits per heavy atom. The molecule has 0 heterocycles. The Bertz CT molecular complexity index is 443. The zero-order valence-electron chi connectivity index (χ0n) is 10.3. The van der Waals surface area contributed by atoms with Gasteiger partial charge >= 0.3 is 5.97 Å². The first kappa shape index (κ1) is 15.1. The van der Waals surface area contributed by atoms with Crippen LogP contribution < -0.4 is 5.32 Å². The van der Waals surface area contributed by atoms with Gasteiger partial charge < -0.3 is 10.4 Å². The number of hydrogen-bond donors (Lipinski definition) is 2. The number of aliphatic carboxylic acids is 1. The second-order valence-corrected chi connectivity index (χ2v) is 4.12. The molecule has 0 atom stereocenters. The lowest BCUT2D eigenvalue weighted by Gasteiger charge is -2.05. The van der Waals surface area contributed by atoms with Crippen LogP contribution in [0.2, 0.25) is 0 Å². The molecular weight excluding hydrogens is 256 g/mol. The summed E-state index contributed by atoms with van der Waals surface area (Å²) in [7, 11) is 0. The minimum atomic E-state index is -0.942. The Morgan fingerprint density at radius 2 is 1.74 bits per heavy atom. The van der Waals surface area contributed by atoms with E-state index in [9.17, 15) is 18.4 Å². The van der Waals surface area contributed by atoms with Crippen molar-refractivity contribution in [1.29, 1.82) is 0 Å². The van der Waals surface area contributed by atoms with Gasteiger partial charge in [0.05, 0.1) is 0 Å². The molecule has 0 radical (unpaired) electrons. The lowest BCUT2D eigenvalue weighted by Crippen LogP contribution is -2.25. The number of carbonyl (C=O) groups excluding carboxylic acids is 1. The number of carboxylic acid groups (broad SMARTS) is 1. The van der Waals surface area contributed by atoms with Crippen molar-refractivity contribution < 1.29 is 23.5 Å². The Kier molecular flexibility index (Phi) is 5.92. The maximum Gasteiger partial charge on any atom is 0.303 e. The van der Waals surface area contributed by atoms with Crippen molar-refractivity contribution in [2.24, 2.45) is 0 Å². The molecule has 1 amide bonds. The third-order valence-corrected chi connectivity index (χ3v) is 2.45. The number of carbonyl (C=O) groups is 2. The number of rotatable bonds is 7. The van der Waals surface area contributed by atoms with Crippen LogP contribution in [0.3, 0.4) is 0 Å². The van der Waals surface area contributed by atoms with Crippen LogP contribution in [0.5, 0.6) is 0 Å². The third-order valence-electron chi connectivity index (χ3n) is 2.45. The van der Waals surface area contributed by atoms with E-state index in [1.54, 1.807) is 0 Å². The van der Waals surface area contributed by atoms with E-state index in [4.69, 9.17) is 5.11 Å². The van der Waals surface area contributed by atoms with Gasteiger partial charge in [-0.05, 0) is 30.5 Å². The van der Waals surface area contributed by atoms with Crippen LogP contribution in [0.4, 0.5) is 8.78 Å². The molecule has 1 rings (SSSR count). The summed E-state index contributed by atoms with van der Waals surface area (Å²) in [6, 6.07) is 3.20. The summed E-state index contributed by atoms with van der Waals surface area (Å²) in [6.45, 7) is 0.259. The number of nitrogens with one attached hydrogen (secondary N) is 1. The van der Waals surface area contributed by atoms with Gasteiger partial charge in [0.25, 0.3) is 0 Å². The Labute approximate surface area is 109 Å². The van der Waals surface area contributed by atoms with E-state index in [1.807, 2.05) is 0 Å². The molecule has 0 aliphatic rings. The molecule has 19 heavy (non-hydrogen) atoms. The number of benzene rings is 1. The molecule has 0 aromatic heterocycles. The van der Waals surface area contributed by atoms with Gasteiger partial charge in [-0.15, -0.1) is 0 Å². The Morgan fingerprint density at radius 1 is 1.11 bits per heavy atom. The van der Waals surface area contributed by atoms with Gasteiger partial charge in [-0.3, -0.25) is 9.59 Å². The standard InChI is InChI=1S/C13H15F2NO3/c14-10-6-9(7-11(15)8-10)4-5-16-12(17)2-1-3-13(18)19/h6-8H,1-5H2,(H,16,17)(H,18,19). The fourth-order valence-corrected chi connectivity index (χ4v) is 1.59. The Hall–Kier alpha value is -1.98. The molecule has 2 N–H and O–H groups in total. The monoisotopic (exact) mass is 271 g/mol. The first-order valence-electron chi connectivity index (χ1n) is 5.91. The molecule has 4 nitrogen and oxygen atoms in total. The number of hydrogen-bond acceptors (Lipinski definition) is 2. The van der Waals surface area contributed by atoms with Crippen molar-refractivity contribution >= 4 is 11.9 Å². The summed E-state index contributed by atoms with van der Waals surface area (Å²) in [5, 5.41) is 11.0. The van der Waals surface area contributed by atoms with Gasteiger partial charge in [0, 0.05) is 25.5 Å². The van der Waals surface area contributed by atoms with Crippen LogP contribution in [-0.2, 0) is 16.0 Å². The van der Waals surface area contributed by atoms with Gasteiger partial charge in [-0.25, -0.2) is 8.78 Å². The van der Waals surface area contributed by atoms with Gasteiger partial charge in [-0.1, -0.05) is 0 Å². The predicted octanol–water partition coefficient (Wildman–Crippen LogP) is 1.88. The average molecular weight is 271 g/mol. The average Bonchev–Trinajstić information content (AvgIpc) is 2.27. The van der Waals surface area contributed by atoms with Crippen molar-refractivity contribution in [3.63, 3.8) is 0 Å². The maximum atomic E-state index is 12.9. The van der Waals surface area contributed by atoms with Crippen LogP contribution in [0.1, 0.15) is 24.8 Å². The second-order valence-electron chi connectivity index (χ2n) is 4.12. The van der Waals surface area contributed by atoms with Crippen molar-refractivity contribution in [1.82, 2.24) is 5.32 Å². The van der Waals surface area contributed by atoms with E-state index in [1.165, 1.54) is 12.1 Å². The predicted molar refractivity (Wildman–Crippen MR) is 64.6 cm³/mol. The molecule has 0 fully saturated rings. The highest BCUT2D eigenvalue weighted by molar-refractivity contribution is 5.76. The van der Waals surface area contributed by atoms with Crippen molar-refractivity contribution in [3.05, 3.63) is 35.4 Å². The molecule has 0 saturated carbocycles. The second kappa shape index (κ2) is 7.45. The summed E-state index contributed by atoms with van der Waals surface area (Å²) in [6.07, 6.45) is 0.668. The first-order chi connectivity index (χ1) is 8.97. The quantitative estimate of drug-likeness (QED) is 0.795. The molecule has 0 bridgehead atoms. The van der Waals surface area contributed by atoms with Gasteiger partial charge in [0.1, 0.15) is 11.6 Å². The molecular formula is C13H15F2NO3. The van der Waals surface area contributed by atoms with Crippen LogP contribution in [0, 0.1) is 11.6 Å². The molecule has 0 aliphatic carbocycles. The van der Waals surface area contributed by atoms with E-state index in [2.05, 4.69) is 5.32 Å². The van der Waals surface area contributed by atoms with Crippen molar-refractivity contribution in [3.8, 4) is 0 Å². The van der Waals surface area contributed by atoms with Gasteiger partial charge in [0.2, 0.25) is 5.91 Å². The minimum Gasteiger partial charge on any atom is -0.481 e. The van der Waals surface area contributed by atoms with E-state index < -0.39 is 17.6 Å². The zero-order valence-corrected chi connectivity index (χ0v) is 10.3. The van der Waals surface area contributed by atoms with Gasteiger partial charge in [-0.2, -0.15) is 0 Å². The molecule has 0 aliphatic heterocycles. The summed E-state index contributed by atoms with van der Waals surface area (Å²) in [4.78, 5) is 21.5. The van der Waals surface area contributed by atoms with E-state index in [-0.39, 0.29) is 31.7 Å². The Balaban J connectivity index is 2.26. The van der Waals surface area contributed by atoms with Gasteiger partial charge in [0.15, 0.2) is 0 Å². The molecule has 6 heteroatoms. The fourth-order valence-electron chi connectivity index (χ4n) is 1.59. The highest BCUT2D eigenvalue weighted by Crippen LogP contribution is 2.08. The SMILES string of the molecule is O=C(O)CCCC(=O)NCCc1cc(F)cc(F)c1. The lowest BCUT2D eigenvalue weighted by molar-refractivity contribution is -0.137.